The Labute approximate surface area is 186 Å². The molecule has 0 aliphatic rings. The van der Waals surface area contributed by atoms with Gasteiger partial charge in [0.15, 0.2) is 0 Å². The summed E-state index contributed by atoms with van der Waals surface area (Å²) < 4.78 is 6.16. The monoisotopic (exact) mass is 448 g/mol. The average Bonchev–Trinajstić information content (AvgIpc) is 3.25. The molecule has 0 saturated heterocycles. The second-order valence-corrected chi connectivity index (χ2v) is 8.37. The van der Waals surface area contributed by atoms with Gasteiger partial charge in [0.1, 0.15) is 10.6 Å². The fraction of sp³-hybridized carbons (Fsp3) is 0. The summed E-state index contributed by atoms with van der Waals surface area (Å²) in [6, 6.07) is 24.9. The van der Waals surface area contributed by atoms with Gasteiger partial charge in [-0.05, 0) is 48.5 Å². The van der Waals surface area contributed by atoms with Crippen LogP contribution in [-0.4, -0.2) is 4.98 Å². The minimum absolute atomic E-state index is 0.507. The van der Waals surface area contributed by atoms with Crippen LogP contribution in [0.5, 0.6) is 0 Å². The number of para-hydroxylation sites is 1. The molecule has 146 valence electrons. The predicted molar refractivity (Wildman–Crippen MR) is 124 cm³/mol. The number of thiazole rings is 1. The molecule has 2 aromatic heterocycles. The highest BCUT2D eigenvalue weighted by Crippen LogP contribution is 2.30. The molecule has 5 aromatic rings. The van der Waals surface area contributed by atoms with Gasteiger partial charge in [0.2, 0.25) is 5.55 Å². The minimum atomic E-state index is 0.507. The fourth-order valence-electron chi connectivity index (χ4n) is 3.11. The quantitative estimate of drug-likeness (QED) is 0.282. The molecule has 0 unspecified atom stereocenters. The number of hydrogen-bond acceptors (Lipinski definition) is 4. The smallest absolute Gasteiger partial charge is 0.230 e. The standard InChI is InChI=1S/C24H14Cl2N2OS/c25-17-8-6-15(7-9-17)21-14-30-24(28-21)20-13-16-12-18(26)10-11-22(16)29-23(20)27-19-4-2-1-3-5-19/h1-14H. The van der Waals surface area contributed by atoms with Gasteiger partial charge in [-0.1, -0.05) is 53.5 Å². The highest BCUT2D eigenvalue weighted by molar-refractivity contribution is 7.13. The summed E-state index contributed by atoms with van der Waals surface area (Å²) >= 11 is 13.7. The normalized spacial score (nSPS) is 11.9. The van der Waals surface area contributed by atoms with Crippen molar-refractivity contribution < 1.29 is 4.42 Å². The zero-order valence-electron chi connectivity index (χ0n) is 15.5. The number of fused-ring (bicyclic) bond motifs is 1. The minimum Gasteiger partial charge on any atom is -0.438 e. The molecule has 0 aliphatic carbocycles. The lowest BCUT2D eigenvalue weighted by Crippen LogP contribution is -2.05. The lowest BCUT2D eigenvalue weighted by molar-refractivity contribution is 0.547. The van der Waals surface area contributed by atoms with Crippen molar-refractivity contribution in [3.05, 3.63) is 99.8 Å². The van der Waals surface area contributed by atoms with Crippen molar-refractivity contribution in [2.24, 2.45) is 4.99 Å². The number of rotatable bonds is 3. The molecule has 0 saturated carbocycles. The van der Waals surface area contributed by atoms with E-state index in [1.165, 1.54) is 0 Å². The first-order valence-electron chi connectivity index (χ1n) is 9.21. The molecule has 0 N–H and O–H groups in total. The molecular formula is C24H14Cl2N2OS. The van der Waals surface area contributed by atoms with E-state index in [0.29, 0.717) is 21.2 Å². The maximum Gasteiger partial charge on any atom is 0.230 e. The van der Waals surface area contributed by atoms with Crippen LogP contribution in [0.3, 0.4) is 0 Å². The van der Waals surface area contributed by atoms with Gasteiger partial charge < -0.3 is 4.42 Å². The second kappa shape index (κ2) is 8.07. The summed E-state index contributed by atoms with van der Waals surface area (Å²) in [5.74, 6) is 0. The third kappa shape index (κ3) is 3.90. The zero-order chi connectivity index (χ0) is 20.5. The highest BCUT2D eigenvalue weighted by Gasteiger charge is 2.12. The first-order chi connectivity index (χ1) is 14.7. The first-order valence-corrected chi connectivity index (χ1v) is 10.8. The van der Waals surface area contributed by atoms with Crippen LogP contribution in [0.25, 0.3) is 32.8 Å². The van der Waals surface area contributed by atoms with Crippen molar-refractivity contribution in [1.29, 1.82) is 0 Å². The zero-order valence-corrected chi connectivity index (χ0v) is 17.9. The number of halogens is 2. The first kappa shape index (κ1) is 19.1. The molecular weight excluding hydrogens is 435 g/mol. The average molecular weight is 449 g/mol. The summed E-state index contributed by atoms with van der Waals surface area (Å²) in [5, 5.41) is 5.08. The maximum absolute atomic E-state index is 6.19. The van der Waals surface area contributed by atoms with Crippen molar-refractivity contribution in [3.63, 3.8) is 0 Å². The topological polar surface area (TPSA) is 38.4 Å². The molecule has 6 heteroatoms. The Kier molecular flexibility index (Phi) is 5.13. The number of hydrogen-bond donors (Lipinski definition) is 0. The van der Waals surface area contributed by atoms with E-state index in [1.54, 1.807) is 17.4 Å². The molecule has 30 heavy (non-hydrogen) atoms. The number of nitrogens with zero attached hydrogens (tertiary/aromatic N) is 2. The lowest BCUT2D eigenvalue weighted by atomic mass is 10.1. The van der Waals surface area contributed by atoms with E-state index in [4.69, 9.17) is 37.6 Å². The van der Waals surface area contributed by atoms with Gasteiger partial charge in [0.25, 0.3) is 0 Å². The van der Waals surface area contributed by atoms with E-state index in [9.17, 15) is 0 Å². The molecule has 5 rings (SSSR count). The van der Waals surface area contributed by atoms with E-state index in [1.807, 2.05) is 78.2 Å². The Hall–Kier alpha value is -2.92. The van der Waals surface area contributed by atoms with Gasteiger partial charge in [-0.2, -0.15) is 0 Å². The van der Waals surface area contributed by atoms with Crippen LogP contribution in [0, 0.1) is 0 Å². The Morgan fingerprint density at radius 2 is 1.60 bits per heavy atom. The largest absolute Gasteiger partial charge is 0.438 e. The van der Waals surface area contributed by atoms with Crippen molar-refractivity contribution in [2.75, 3.05) is 0 Å². The number of aromatic nitrogens is 1. The Morgan fingerprint density at radius 3 is 2.40 bits per heavy atom. The van der Waals surface area contributed by atoms with Gasteiger partial charge in [0.05, 0.1) is 16.9 Å². The van der Waals surface area contributed by atoms with Gasteiger partial charge in [-0.15, -0.1) is 11.3 Å². The van der Waals surface area contributed by atoms with Crippen molar-refractivity contribution >= 4 is 51.2 Å². The van der Waals surface area contributed by atoms with Gasteiger partial charge in [-0.3, -0.25) is 0 Å². The molecule has 3 aromatic carbocycles. The SMILES string of the molecule is Clc1ccc(-c2csc(-c3cc4cc(Cl)ccc4oc3=Nc3ccccc3)n2)cc1. The summed E-state index contributed by atoms with van der Waals surface area (Å²) in [7, 11) is 0. The predicted octanol–water partition coefficient (Wildman–Crippen LogP) is 7.76. The van der Waals surface area contributed by atoms with Crippen molar-refractivity contribution in [2.45, 2.75) is 0 Å². The summed E-state index contributed by atoms with van der Waals surface area (Å²) in [6.07, 6.45) is 0. The third-order valence-electron chi connectivity index (χ3n) is 4.57. The maximum atomic E-state index is 6.19. The molecule has 3 nitrogen and oxygen atoms in total. The van der Waals surface area contributed by atoms with Crippen molar-refractivity contribution in [1.82, 2.24) is 4.98 Å². The molecule has 2 heterocycles. The lowest BCUT2D eigenvalue weighted by Gasteiger charge is -2.03. The molecule has 0 amide bonds. The molecule has 0 radical (unpaired) electrons. The molecule has 0 atom stereocenters. The van der Waals surface area contributed by atoms with Gasteiger partial charge in [0, 0.05) is 26.4 Å². The van der Waals surface area contributed by atoms with Crippen LogP contribution in [0.15, 0.2) is 93.7 Å². The fourth-order valence-corrected chi connectivity index (χ4v) is 4.25. The highest BCUT2D eigenvalue weighted by atomic mass is 35.5. The van der Waals surface area contributed by atoms with Crippen LogP contribution < -0.4 is 5.55 Å². The van der Waals surface area contributed by atoms with E-state index < -0.39 is 0 Å². The third-order valence-corrected chi connectivity index (χ3v) is 5.93. The van der Waals surface area contributed by atoms with Gasteiger partial charge in [-0.25, -0.2) is 9.98 Å². The van der Waals surface area contributed by atoms with Crippen LogP contribution >= 0.6 is 34.5 Å². The molecule has 0 bridgehead atoms. The summed E-state index contributed by atoms with van der Waals surface area (Å²) in [6.45, 7) is 0. The van der Waals surface area contributed by atoms with E-state index in [-0.39, 0.29) is 0 Å². The number of benzene rings is 3. The van der Waals surface area contributed by atoms with Crippen LogP contribution in [-0.2, 0) is 0 Å². The van der Waals surface area contributed by atoms with E-state index in [2.05, 4.69) is 0 Å². The van der Waals surface area contributed by atoms with Crippen LogP contribution in [0.4, 0.5) is 5.69 Å². The van der Waals surface area contributed by atoms with E-state index >= 15 is 0 Å². The summed E-state index contributed by atoms with van der Waals surface area (Å²) in [4.78, 5) is 9.57. The van der Waals surface area contributed by atoms with Crippen molar-refractivity contribution in [3.8, 4) is 21.8 Å². The second-order valence-electron chi connectivity index (χ2n) is 6.64. The van der Waals surface area contributed by atoms with Gasteiger partial charge >= 0.3 is 0 Å². The van der Waals surface area contributed by atoms with E-state index in [0.717, 1.165) is 32.9 Å². The Bertz CT molecular complexity index is 1410. The molecule has 0 fully saturated rings. The van der Waals surface area contributed by atoms with Crippen LogP contribution in [0.1, 0.15) is 0 Å². The van der Waals surface area contributed by atoms with Crippen LogP contribution in [0.2, 0.25) is 10.0 Å². The molecule has 0 aliphatic heterocycles. The Morgan fingerprint density at radius 1 is 0.833 bits per heavy atom. The summed E-state index contributed by atoms with van der Waals surface area (Å²) in [5.41, 5.74) is 4.73. The molecule has 0 spiro atoms. The Balaban J connectivity index is 1.70.